The molecule has 0 aliphatic carbocycles. The van der Waals surface area contributed by atoms with E-state index in [0.717, 1.165) is 4.47 Å². The van der Waals surface area contributed by atoms with Gasteiger partial charge in [0.05, 0.1) is 5.69 Å². The molecule has 0 heterocycles. The third-order valence-electron chi connectivity index (χ3n) is 3.04. The Hall–Kier alpha value is -2.41. The third-order valence-corrected chi connectivity index (χ3v) is 3.57. The lowest BCUT2D eigenvalue weighted by atomic mass is 10.2. The number of hydrogen-bond acceptors (Lipinski definition) is 3. The summed E-state index contributed by atoms with van der Waals surface area (Å²) in [4.78, 5) is 23.2. The minimum Gasteiger partial charge on any atom is -0.481 e. The number of hydrogen-bond donors (Lipinski definition) is 2. The standard InChI is InChI=1S/C17H16BrFN2O3/c1-10(24-14-6-3-12(18)4-7-14)17(23)21-16-9-13(20-11(2)22)5-8-15(16)19/h3-10H,1-2H3,(H,20,22)(H,21,23). The second-order valence-corrected chi connectivity index (χ2v) is 5.99. The Labute approximate surface area is 147 Å². The van der Waals surface area contributed by atoms with Gasteiger partial charge in [-0.3, -0.25) is 9.59 Å². The van der Waals surface area contributed by atoms with Crippen molar-refractivity contribution in [1.29, 1.82) is 0 Å². The molecule has 2 aromatic rings. The fourth-order valence-electron chi connectivity index (χ4n) is 1.91. The van der Waals surface area contributed by atoms with E-state index in [1.54, 1.807) is 31.2 Å². The second kappa shape index (κ2) is 7.92. The van der Waals surface area contributed by atoms with Crippen LogP contribution in [0.3, 0.4) is 0 Å². The van der Waals surface area contributed by atoms with E-state index in [9.17, 15) is 14.0 Å². The Balaban J connectivity index is 2.05. The van der Waals surface area contributed by atoms with Gasteiger partial charge >= 0.3 is 0 Å². The molecule has 0 aliphatic rings. The van der Waals surface area contributed by atoms with Crippen LogP contribution in [-0.4, -0.2) is 17.9 Å². The summed E-state index contributed by atoms with van der Waals surface area (Å²) in [7, 11) is 0. The third kappa shape index (κ3) is 5.06. The molecule has 2 amide bonds. The van der Waals surface area contributed by atoms with Crippen LogP contribution in [0.15, 0.2) is 46.9 Å². The molecular formula is C17H16BrFN2O3. The van der Waals surface area contributed by atoms with E-state index >= 15 is 0 Å². The van der Waals surface area contributed by atoms with Gasteiger partial charge < -0.3 is 15.4 Å². The van der Waals surface area contributed by atoms with Crippen LogP contribution in [0, 0.1) is 5.82 Å². The summed E-state index contributed by atoms with van der Waals surface area (Å²) in [5.41, 5.74) is 0.359. The van der Waals surface area contributed by atoms with Gasteiger partial charge in [-0.1, -0.05) is 15.9 Å². The van der Waals surface area contributed by atoms with E-state index in [1.165, 1.54) is 25.1 Å². The van der Waals surface area contributed by atoms with Crippen LogP contribution in [0.5, 0.6) is 5.75 Å². The lowest BCUT2D eigenvalue weighted by Gasteiger charge is -2.15. The van der Waals surface area contributed by atoms with Crippen molar-refractivity contribution in [2.75, 3.05) is 10.6 Å². The molecule has 24 heavy (non-hydrogen) atoms. The summed E-state index contributed by atoms with van der Waals surface area (Å²) < 4.78 is 20.2. The molecule has 126 valence electrons. The summed E-state index contributed by atoms with van der Waals surface area (Å²) in [6.45, 7) is 2.91. The van der Waals surface area contributed by atoms with Gasteiger partial charge in [-0.2, -0.15) is 0 Å². The van der Waals surface area contributed by atoms with Crippen molar-refractivity contribution >= 4 is 39.1 Å². The van der Waals surface area contributed by atoms with Crippen LogP contribution < -0.4 is 15.4 Å². The Morgan fingerprint density at radius 1 is 1.12 bits per heavy atom. The first kappa shape index (κ1) is 17.9. The summed E-state index contributed by atoms with van der Waals surface area (Å²) in [5, 5.41) is 4.98. The maximum Gasteiger partial charge on any atom is 0.265 e. The summed E-state index contributed by atoms with van der Waals surface area (Å²) in [5.74, 6) is -0.871. The lowest BCUT2D eigenvalue weighted by Crippen LogP contribution is -2.30. The number of rotatable bonds is 5. The van der Waals surface area contributed by atoms with E-state index in [2.05, 4.69) is 26.6 Å². The highest BCUT2D eigenvalue weighted by atomic mass is 79.9. The molecule has 0 saturated heterocycles. The van der Waals surface area contributed by atoms with Crippen molar-refractivity contribution in [1.82, 2.24) is 0 Å². The van der Waals surface area contributed by atoms with Gasteiger partial charge in [0.2, 0.25) is 5.91 Å². The predicted octanol–water partition coefficient (Wildman–Crippen LogP) is 3.95. The smallest absolute Gasteiger partial charge is 0.265 e. The molecule has 0 aromatic heterocycles. The summed E-state index contributed by atoms with van der Waals surface area (Å²) in [6, 6.07) is 10.9. The van der Waals surface area contributed by atoms with Crippen LogP contribution in [0.2, 0.25) is 0 Å². The number of anilines is 2. The average molecular weight is 395 g/mol. The van der Waals surface area contributed by atoms with Crippen molar-refractivity contribution in [2.24, 2.45) is 0 Å². The largest absolute Gasteiger partial charge is 0.481 e. The van der Waals surface area contributed by atoms with Crippen molar-refractivity contribution < 1.29 is 18.7 Å². The zero-order valence-electron chi connectivity index (χ0n) is 13.1. The molecule has 0 fully saturated rings. The lowest BCUT2D eigenvalue weighted by molar-refractivity contribution is -0.122. The monoisotopic (exact) mass is 394 g/mol. The SMILES string of the molecule is CC(=O)Nc1ccc(F)c(NC(=O)C(C)Oc2ccc(Br)cc2)c1. The van der Waals surface area contributed by atoms with E-state index in [4.69, 9.17) is 4.74 Å². The van der Waals surface area contributed by atoms with Crippen molar-refractivity contribution in [2.45, 2.75) is 20.0 Å². The van der Waals surface area contributed by atoms with Crippen LogP contribution >= 0.6 is 15.9 Å². The maximum absolute atomic E-state index is 13.8. The molecule has 0 aliphatic heterocycles. The molecule has 5 nitrogen and oxygen atoms in total. The fourth-order valence-corrected chi connectivity index (χ4v) is 2.17. The number of amides is 2. The second-order valence-electron chi connectivity index (χ2n) is 5.08. The number of carbonyl (C=O) groups is 2. The average Bonchev–Trinajstić information content (AvgIpc) is 2.52. The van der Waals surface area contributed by atoms with E-state index in [1.807, 2.05) is 0 Å². The number of halogens is 2. The van der Waals surface area contributed by atoms with Crippen LogP contribution in [-0.2, 0) is 9.59 Å². The van der Waals surface area contributed by atoms with Crippen LogP contribution in [0.4, 0.5) is 15.8 Å². The first-order chi connectivity index (χ1) is 11.3. The molecule has 0 saturated carbocycles. The number of nitrogens with one attached hydrogen (secondary N) is 2. The van der Waals surface area contributed by atoms with Crippen LogP contribution in [0.25, 0.3) is 0 Å². The summed E-state index contributed by atoms with van der Waals surface area (Å²) in [6.07, 6.45) is -0.824. The Bertz CT molecular complexity index is 750. The first-order valence-electron chi connectivity index (χ1n) is 7.15. The van der Waals surface area contributed by atoms with Gasteiger partial charge in [-0.15, -0.1) is 0 Å². The number of ether oxygens (including phenoxy) is 1. The minimum absolute atomic E-state index is 0.0301. The van der Waals surface area contributed by atoms with E-state index in [0.29, 0.717) is 11.4 Å². The van der Waals surface area contributed by atoms with Gasteiger partial charge in [0, 0.05) is 17.1 Å². The molecule has 2 N–H and O–H groups in total. The molecule has 0 spiro atoms. The number of carbonyl (C=O) groups excluding carboxylic acids is 2. The highest BCUT2D eigenvalue weighted by Crippen LogP contribution is 2.21. The maximum atomic E-state index is 13.8. The minimum atomic E-state index is -0.824. The van der Waals surface area contributed by atoms with E-state index < -0.39 is 17.8 Å². The molecule has 0 bridgehead atoms. The fraction of sp³-hybridized carbons (Fsp3) is 0.176. The quantitative estimate of drug-likeness (QED) is 0.806. The van der Waals surface area contributed by atoms with Crippen LogP contribution in [0.1, 0.15) is 13.8 Å². The topological polar surface area (TPSA) is 67.4 Å². The molecule has 1 unspecified atom stereocenters. The molecular weight excluding hydrogens is 379 g/mol. The molecule has 2 rings (SSSR count). The molecule has 2 aromatic carbocycles. The van der Waals surface area contributed by atoms with Gasteiger partial charge in [-0.05, 0) is 49.4 Å². The van der Waals surface area contributed by atoms with E-state index in [-0.39, 0.29) is 11.6 Å². The van der Waals surface area contributed by atoms with Crippen molar-refractivity contribution in [3.05, 3.63) is 52.8 Å². The normalized spacial score (nSPS) is 11.5. The highest BCUT2D eigenvalue weighted by molar-refractivity contribution is 9.10. The highest BCUT2D eigenvalue weighted by Gasteiger charge is 2.17. The van der Waals surface area contributed by atoms with Crippen molar-refractivity contribution in [3.63, 3.8) is 0 Å². The van der Waals surface area contributed by atoms with Crippen molar-refractivity contribution in [3.8, 4) is 5.75 Å². The Morgan fingerprint density at radius 2 is 1.79 bits per heavy atom. The van der Waals surface area contributed by atoms with Gasteiger partial charge in [0.25, 0.3) is 5.91 Å². The zero-order valence-corrected chi connectivity index (χ0v) is 14.7. The van der Waals surface area contributed by atoms with Gasteiger partial charge in [0.15, 0.2) is 6.10 Å². The Kier molecular flexibility index (Phi) is 5.92. The first-order valence-corrected chi connectivity index (χ1v) is 7.94. The summed E-state index contributed by atoms with van der Waals surface area (Å²) >= 11 is 3.31. The van der Waals surface area contributed by atoms with Gasteiger partial charge in [-0.25, -0.2) is 4.39 Å². The predicted molar refractivity (Wildman–Crippen MR) is 93.6 cm³/mol. The number of benzene rings is 2. The Morgan fingerprint density at radius 3 is 2.42 bits per heavy atom. The molecule has 1 atom stereocenters. The molecule has 7 heteroatoms. The zero-order chi connectivity index (χ0) is 17.7. The molecule has 0 radical (unpaired) electrons. The van der Waals surface area contributed by atoms with Gasteiger partial charge in [0.1, 0.15) is 11.6 Å².